The van der Waals surface area contributed by atoms with E-state index in [2.05, 4.69) is 0 Å². The summed E-state index contributed by atoms with van der Waals surface area (Å²) >= 11 is 11.9. The highest BCUT2D eigenvalue weighted by Crippen LogP contribution is 2.23. The van der Waals surface area contributed by atoms with Crippen molar-refractivity contribution >= 4 is 29.0 Å². The summed E-state index contributed by atoms with van der Waals surface area (Å²) in [5.74, 6) is -0.0264. The van der Waals surface area contributed by atoms with E-state index in [-0.39, 0.29) is 18.4 Å². The molecule has 1 unspecified atom stereocenters. The lowest BCUT2D eigenvalue weighted by molar-refractivity contribution is 0.0834. The molecular formula is C14H19Cl2NO2. The molecule has 0 heterocycles. The third-order valence-corrected chi connectivity index (χ3v) is 3.68. The predicted octanol–water partition coefficient (Wildman–Crippen LogP) is 3.27. The number of hydrogen-bond donors (Lipinski definition) is 1. The Balaban J connectivity index is 2.85. The Morgan fingerprint density at radius 1 is 1.42 bits per heavy atom. The molecule has 0 radical (unpaired) electrons. The average Bonchev–Trinajstić information content (AvgIpc) is 2.38. The van der Waals surface area contributed by atoms with E-state index >= 15 is 0 Å². The summed E-state index contributed by atoms with van der Waals surface area (Å²) in [4.78, 5) is 14.4. The van der Waals surface area contributed by atoms with Crippen molar-refractivity contribution in [2.75, 3.05) is 19.7 Å². The zero-order chi connectivity index (χ0) is 14.4. The highest BCUT2D eigenvalue weighted by molar-refractivity contribution is 6.37. The number of halogens is 2. The molecule has 1 N–H and O–H groups in total. The predicted molar refractivity (Wildman–Crippen MR) is 79.2 cm³/mol. The van der Waals surface area contributed by atoms with Gasteiger partial charge in [-0.25, -0.2) is 0 Å². The number of nitrogens with zero attached hydrogens (tertiary/aromatic N) is 1. The molecular weight excluding hydrogens is 285 g/mol. The summed E-state index contributed by atoms with van der Waals surface area (Å²) in [6, 6.07) is 4.63. The SMILES string of the molecule is CCN(CCCO)C(C)C(=O)c1ccc(Cl)cc1Cl. The van der Waals surface area contributed by atoms with Crippen LogP contribution in [-0.4, -0.2) is 41.5 Å². The molecule has 3 nitrogen and oxygen atoms in total. The number of ketones is 1. The monoisotopic (exact) mass is 303 g/mol. The molecule has 1 rings (SSSR count). The van der Waals surface area contributed by atoms with E-state index < -0.39 is 0 Å². The van der Waals surface area contributed by atoms with Gasteiger partial charge in [0.25, 0.3) is 0 Å². The second-order valence-corrected chi connectivity index (χ2v) is 5.21. The lowest BCUT2D eigenvalue weighted by Gasteiger charge is -2.26. The van der Waals surface area contributed by atoms with E-state index in [0.29, 0.717) is 28.6 Å². The van der Waals surface area contributed by atoms with Crippen LogP contribution in [0.5, 0.6) is 0 Å². The van der Waals surface area contributed by atoms with Crippen molar-refractivity contribution in [1.29, 1.82) is 0 Å². The largest absolute Gasteiger partial charge is 0.396 e. The first-order chi connectivity index (χ1) is 9.01. The Hall–Kier alpha value is -0.610. The summed E-state index contributed by atoms with van der Waals surface area (Å²) in [6.07, 6.45) is 0.653. The summed E-state index contributed by atoms with van der Waals surface area (Å²) in [5.41, 5.74) is 0.487. The Morgan fingerprint density at radius 2 is 2.11 bits per heavy atom. The highest BCUT2D eigenvalue weighted by Gasteiger charge is 2.22. The molecule has 0 saturated heterocycles. The Morgan fingerprint density at radius 3 is 2.63 bits per heavy atom. The summed E-state index contributed by atoms with van der Waals surface area (Å²) in [7, 11) is 0. The van der Waals surface area contributed by atoms with E-state index in [9.17, 15) is 4.79 Å². The van der Waals surface area contributed by atoms with Crippen LogP contribution in [0.4, 0.5) is 0 Å². The molecule has 106 valence electrons. The molecule has 19 heavy (non-hydrogen) atoms. The van der Waals surface area contributed by atoms with Gasteiger partial charge in [0.15, 0.2) is 5.78 Å². The number of hydrogen-bond acceptors (Lipinski definition) is 3. The fraction of sp³-hybridized carbons (Fsp3) is 0.500. The Bertz CT molecular complexity index is 437. The number of carbonyl (C=O) groups is 1. The maximum absolute atomic E-state index is 12.4. The van der Waals surface area contributed by atoms with Crippen LogP contribution in [-0.2, 0) is 0 Å². The van der Waals surface area contributed by atoms with E-state index in [0.717, 1.165) is 6.54 Å². The second-order valence-electron chi connectivity index (χ2n) is 4.37. The van der Waals surface area contributed by atoms with Gasteiger partial charge in [-0.15, -0.1) is 0 Å². The average molecular weight is 304 g/mol. The Labute approximate surface area is 124 Å². The lowest BCUT2D eigenvalue weighted by atomic mass is 10.0. The van der Waals surface area contributed by atoms with Gasteiger partial charge < -0.3 is 5.11 Å². The van der Waals surface area contributed by atoms with Gasteiger partial charge in [0, 0.05) is 23.7 Å². The smallest absolute Gasteiger partial charge is 0.181 e. The van der Waals surface area contributed by atoms with Gasteiger partial charge in [0.2, 0.25) is 0 Å². The fourth-order valence-corrected chi connectivity index (χ4v) is 2.48. The van der Waals surface area contributed by atoms with E-state index in [1.54, 1.807) is 18.2 Å². The van der Waals surface area contributed by atoms with Crippen LogP contribution < -0.4 is 0 Å². The number of Topliss-reactive ketones (excluding diaryl/α,β-unsaturated/α-hetero) is 1. The topological polar surface area (TPSA) is 40.5 Å². The standard InChI is InChI=1S/C14H19Cl2NO2/c1-3-17(7-4-8-18)10(2)14(19)12-6-5-11(15)9-13(12)16/h5-6,9-10,18H,3-4,7-8H2,1-2H3. The third kappa shape index (κ3) is 4.46. The minimum Gasteiger partial charge on any atom is -0.396 e. The molecule has 0 fully saturated rings. The van der Waals surface area contributed by atoms with Crippen LogP contribution in [0.1, 0.15) is 30.6 Å². The molecule has 0 aliphatic carbocycles. The van der Waals surface area contributed by atoms with Crippen molar-refractivity contribution in [3.05, 3.63) is 33.8 Å². The van der Waals surface area contributed by atoms with Crippen LogP contribution in [0.15, 0.2) is 18.2 Å². The molecule has 0 bridgehead atoms. The van der Waals surface area contributed by atoms with Crippen LogP contribution >= 0.6 is 23.2 Å². The van der Waals surface area contributed by atoms with Gasteiger partial charge in [0.05, 0.1) is 11.1 Å². The maximum atomic E-state index is 12.4. The molecule has 0 spiro atoms. The third-order valence-electron chi connectivity index (χ3n) is 3.13. The van der Waals surface area contributed by atoms with Crippen LogP contribution in [0, 0.1) is 0 Å². The number of aliphatic hydroxyl groups excluding tert-OH is 1. The molecule has 1 atom stereocenters. The summed E-state index contributed by atoms with van der Waals surface area (Å²) in [6.45, 7) is 5.40. The van der Waals surface area contributed by atoms with Crippen LogP contribution in [0.2, 0.25) is 10.0 Å². The first kappa shape index (κ1) is 16.4. The minimum absolute atomic E-state index is 0.0264. The molecule has 0 aliphatic heterocycles. The van der Waals surface area contributed by atoms with Crippen molar-refractivity contribution < 1.29 is 9.90 Å². The Kier molecular flexibility index (Phi) is 6.80. The first-order valence-corrected chi connectivity index (χ1v) is 7.11. The number of rotatable bonds is 7. The molecule has 0 aromatic heterocycles. The zero-order valence-electron chi connectivity index (χ0n) is 11.2. The van der Waals surface area contributed by atoms with E-state index in [1.165, 1.54) is 0 Å². The number of aliphatic hydroxyl groups is 1. The zero-order valence-corrected chi connectivity index (χ0v) is 12.7. The van der Waals surface area contributed by atoms with E-state index in [4.69, 9.17) is 28.3 Å². The first-order valence-electron chi connectivity index (χ1n) is 6.35. The van der Waals surface area contributed by atoms with Crippen molar-refractivity contribution in [2.45, 2.75) is 26.3 Å². The van der Waals surface area contributed by atoms with Gasteiger partial charge in [-0.3, -0.25) is 9.69 Å². The van der Waals surface area contributed by atoms with Crippen molar-refractivity contribution in [3.8, 4) is 0 Å². The maximum Gasteiger partial charge on any atom is 0.181 e. The van der Waals surface area contributed by atoms with Gasteiger partial charge in [-0.2, -0.15) is 0 Å². The normalized spacial score (nSPS) is 12.7. The molecule has 1 aromatic carbocycles. The minimum atomic E-state index is -0.268. The molecule has 0 saturated carbocycles. The van der Waals surface area contributed by atoms with Gasteiger partial charge in [-0.05, 0) is 38.1 Å². The van der Waals surface area contributed by atoms with Crippen molar-refractivity contribution in [3.63, 3.8) is 0 Å². The van der Waals surface area contributed by atoms with Crippen LogP contribution in [0.3, 0.4) is 0 Å². The number of carbonyl (C=O) groups excluding carboxylic acids is 1. The quantitative estimate of drug-likeness (QED) is 0.786. The summed E-state index contributed by atoms with van der Waals surface area (Å²) in [5, 5.41) is 9.77. The van der Waals surface area contributed by atoms with Crippen molar-refractivity contribution in [2.24, 2.45) is 0 Å². The second kappa shape index (κ2) is 7.85. The lowest BCUT2D eigenvalue weighted by Crippen LogP contribution is -2.39. The highest BCUT2D eigenvalue weighted by atomic mass is 35.5. The number of benzene rings is 1. The van der Waals surface area contributed by atoms with Crippen LogP contribution in [0.25, 0.3) is 0 Å². The van der Waals surface area contributed by atoms with Gasteiger partial charge in [0.1, 0.15) is 0 Å². The molecule has 0 amide bonds. The van der Waals surface area contributed by atoms with E-state index in [1.807, 2.05) is 18.7 Å². The number of likely N-dealkylation sites (N-methyl/N-ethyl adjacent to an activating group) is 1. The molecule has 5 heteroatoms. The summed E-state index contributed by atoms with van der Waals surface area (Å²) < 4.78 is 0. The van der Waals surface area contributed by atoms with Gasteiger partial charge in [-0.1, -0.05) is 30.1 Å². The molecule has 0 aliphatic rings. The fourth-order valence-electron chi connectivity index (χ4n) is 1.98. The van der Waals surface area contributed by atoms with Gasteiger partial charge >= 0.3 is 0 Å². The van der Waals surface area contributed by atoms with Crippen molar-refractivity contribution in [1.82, 2.24) is 4.90 Å². The molecule has 1 aromatic rings.